The quantitative estimate of drug-likeness (QED) is 0.795. The molecule has 88 valence electrons. The summed E-state index contributed by atoms with van der Waals surface area (Å²) in [5, 5.41) is 2.74. The van der Waals surface area contributed by atoms with Crippen molar-refractivity contribution >= 4 is 5.91 Å². The fourth-order valence-electron chi connectivity index (χ4n) is 1.19. The Bertz CT molecular complexity index is 441. The van der Waals surface area contributed by atoms with Crippen molar-refractivity contribution in [2.75, 3.05) is 6.54 Å². The van der Waals surface area contributed by atoms with Crippen LogP contribution in [-0.4, -0.2) is 17.4 Å². The molecule has 4 heteroatoms. The number of pyridine rings is 1. The molecule has 1 aromatic rings. The Morgan fingerprint density at radius 2 is 2.06 bits per heavy atom. The van der Waals surface area contributed by atoms with Crippen LogP contribution in [0.15, 0.2) is 17.1 Å². The number of rotatable bonds is 2. The van der Waals surface area contributed by atoms with E-state index in [0.717, 1.165) is 5.69 Å². The molecule has 1 rings (SSSR count). The van der Waals surface area contributed by atoms with E-state index in [4.69, 9.17) is 0 Å². The van der Waals surface area contributed by atoms with Crippen LogP contribution in [0.25, 0.3) is 0 Å². The van der Waals surface area contributed by atoms with E-state index in [2.05, 4.69) is 10.3 Å². The first-order chi connectivity index (χ1) is 7.29. The molecule has 0 aromatic carbocycles. The van der Waals surface area contributed by atoms with Crippen LogP contribution in [0, 0.1) is 12.3 Å². The fraction of sp³-hybridized carbons (Fsp3) is 0.500. The normalized spacial score (nSPS) is 11.2. The molecule has 1 aromatic heterocycles. The Labute approximate surface area is 95.1 Å². The van der Waals surface area contributed by atoms with Gasteiger partial charge in [-0.25, -0.2) is 0 Å². The molecule has 4 nitrogen and oxygen atoms in total. The molecule has 0 spiro atoms. The van der Waals surface area contributed by atoms with Crippen molar-refractivity contribution in [3.8, 4) is 0 Å². The highest BCUT2D eigenvalue weighted by Crippen LogP contribution is 2.10. The highest BCUT2D eigenvalue weighted by atomic mass is 16.2. The summed E-state index contributed by atoms with van der Waals surface area (Å²) in [6.07, 6.45) is 1.45. The van der Waals surface area contributed by atoms with E-state index in [0.29, 0.717) is 6.54 Å². The molecule has 0 saturated heterocycles. The third kappa shape index (κ3) is 3.53. The molecule has 16 heavy (non-hydrogen) atoms. The third-order valence-corrected chi connectivity index (χ3v) is 2.08. The zero-order chi connectivity index (χ0) is 12.3. The van der Waals surface area contributed by atoms with Gasteiger partial charge >= 0.3 is 0 Å². The molecule has 0 unspecified atom stereocenters. The van der Waals surface area contributed by atoms with Gasteiger partial charge in [0.05, 0.1) is 0 Å². The van der Waals surface area contributed by atoms with Gasteiger partial charge < -0.3 is 10.3 Å². The lowest BCUT2D eigenvalue weighted by Crippen LogP contribution is -2.34. The molecule has 0 fully saturated rings. The van der Waals surface area contributed by atoms with Crippen molar-refractivity contribution in [1.82, 2.24) is 10.3 Å². The van der Waals surface area contributed by atoms with E-state index >= 15 is 0 Å². The first-order valence-corrected chi connectivity index (χ1v) is 5.27. The first kappa shape index (κ1) is 12.5. The van der Waals surface area contributed by atoms with Gasteiger partial charge in [-0.3, -0.25) is 9.59 Å². The largest absolute Gasteiger partial charge is 0.364 e. The number of hydrogen-bond donors (Lipinski definition) is 2. The molecule has 0 aliphatic carbocycles. The number of carbonyl (C=O) groups excluding carboxylic acids is 1. The average molecular weight is 222 g/mol. The maximum Gasteiger partial charge on any atom is 0.256 e. The van der Waals surface area contributed by atoms with Crippen molar-refractivity contribution in [3.05, 3.63) is 33.7 Å². The Morgan fingerprint density at radius 1 is 1.44 bits per heavy atom. The lowest BCUT2D eigenvalue weighted by molar-refractivity contribution is 0.0938. The van der Waals surface area contributed by atoms with Crippen molar-refractivity contribution in [3.63, 3.8) is 0 Å². The summed E-state index contributed by atoms with van der Waals surface area (Å²) < 4.78 is 0. The minimum atomic E-state index is -0.323. The maximum absolute atomic E-state index is 11.7. The summed E-state index contributed by atoms with van der Waals surface area (Å²) in [6.45, 7) is 8.38. The Morgan fingerprint density at radius 3 is 2.56 bits per heavy atom. The highest BCUT2D eigenvalue weighted by Gasteiger charge is 2.14. The zero-order valence-corrected chi connectivity index (χ0v) is 10.2. The predicted molar refractivity (Wildman–Crippen MR) is 63.6 cm³/mol. The molecular weight excluding hydrogens is 204 g/mol. The minimum absolute atomic E-state index is 0.00706. The van der Waals surface area contributed by atoms with Crippen molar-refractivity contribution in [1.29, 1.82) is 0 Å². The van der Waals surface area contributed by atoms with Crippen molar-refractivity contribution < 1.29 is 4.79 Å². The topological polar surface area (TPSA) is 62.0 Å². The number of carbonyl (C=O) groups is 1. The van der Waals surface area contributed by atoms with Gasteiger partial charge in [0, 0.05) is 24.5 Å². The SMILES string of the molecule is Cc1cc(=O)c(C(=O)NCC(C)(C)C)c[nH]1. The van der Waals surface area contributed by atoms with Crippen LogP contribution in [-0.2, 0) is 0 Å². The summed E-state index contributed by atoms with van der Waals surface area (Å²) in [5.74, 6) is -0.323. The van der Waals surface area contributed by atoms with Crippen LogP contribution in [0.1, 0.15) is 36.8 Å². The number of H-pyrrole nitrogens is 1. The minimum Gasteiger partial charge on any atom is -0.364 e. The molecular formula is C12H18N2O2. The smallest absolute Gasteiger partial charge is 0.256 e. The first-order valence-electron chi connectivity index (χ1n) is 5.27. The number of amides is 1. The number of aryl methyl sites for hydroxylation is 1. The Hall–Kier alpha value is -1.58. The summed E-state index contributed by atoms with van der Waals surface area (Å²) in [6, 6.07) is 1.42. The van der Waals surface area contributed by atoms with Gasteiger partial charge in [-0.15, -0.1) is 0 Å². The number of nitrogens with one attached hydrogen (secondary N) is 2. The van der Waals surface area contributed by atoms with Crippen LogP contribution in [0.2, 0.25) is 0 Å². The molecule has 0 saturated carbocycles. The maximum atomic E-state index is 11.7. The number of aromatic nitrogens is 1. The van der Waals surface area contributed by atoms with E-state index in [-0.39, 0.29) is 22.3 Å². The molecule has 0 bridgehead atoms. The van der Waals surface area contributed by atoms with Gasteiger partial charge in [-0.1, -0.05) is 20.8 Å². The molecule has 1 heterocycles. The van der Waals surface area contributed by atoms with Gasteiger partial charge in [0.2, 0.25) is 0 Å². The fourth-order valence-corrected chi connectivity index (χ4v) is 1.19. The highest BCUT2D eigenvalue weighted by molar-refractivity contribution is 5.93. The van der Waals surface area contributed by atoms with Crippen LogP contribution < -0.4 is 10.7 Å². The van der Waals surface area contributed by atoms with Gasteiger partial charge in [0.25, 0.3) is 5.91 Å². The summed E-state index contributed by atoms with van der Waals surface area (Å²) in [7, 11) is 0. The summed E-state index contributed by atoms with van der Waals surface area (Å²) in [5.41, 5.74) is 0.669. The molecule has 0 atom stereocenters. The van der Waals surface area contributed by atoms with E-state index in [9.17, 15) is 9.59 Å². The predicted octanol–water partition coefficient (Wildman–Crippen LogP) is 1.46. The molecule has 0 aliphatic rings. The zero-order valence-electron chi connectivity index (χ0n) is 10.2. The lowest BCUT2D eigenvalue weighted by Gasteiger charge is -2.18. The van der Waals surface area contributed by atoms with E-state index in [1.165, 1.54) is 12.3 Å². The van der Waals surface area contributed by atoms with Gasteiger partial charge in [0.1, 0.15) is 5.56 Å². The average Bonchev–Trinajstić information content (AvgIpc) is 2.13. The van der Waals surface area contributed by atoms with Gasteiger partial charge in [0.15, 0.2) is 5.43 Å². The van der Waals surface area contributed by atoms with Crippen LogP contribution in [0.4, 0.5) is 0 Å². The third-order valence-electron chi connectivity index (χ3n) is 2.08. The van der Waals surface area contributed by atoms with E-state index < -0.39 is 0 Å². The van der Waals surface area contributed by atoms with Crippen molar-refractivity contribution in [2.24, 2.45) is 5.41 Å². The second-order valence-electron chi connectivity index (χ2n) is 5.14. The second kappa shape index (κ2) is 4.51. The molecule has 2 N–H and O–H groups in total. The summed E-state index contributed by atoms with van der Waals surface area (Å²) >= 11 is 0. The summed E-state index contributed by atoms with van der Waals surface area (Å²) in [4.78, 5) is 26.1. The van der Waals surface area contributed by atoms with Crippen LogP contribution >= 0.6 is 0 Å². The number of aromatic amines is 1. The molecule has 1 amide bonds. The van der Waals surface area contributed by atoms with E-state index in [1.54, 1.807) is 6.92 Å². The van der Waals surface area contributed by atoms with Crippen LogP contribution in [0.3, 0.4) is 0 Å². The Kier molecular flexibility index (Phi) is 3.52. The second-order valence-corrected chi connectivity index (χ2v) is 5.14. The molecule has 0 aliphatic heterocycles. The van der Waals surface area contributed by atoms with Gasteiger partial charge in [-0.2, -0.15) is 0 Å². The Balaban J connectivity index is 2.78. The van der Waals surface area contributed by atoms with Crippen LogP contribution in [0.5, 0.6) is 0 Å². The van der Waals surface area contributed by atoms with Gasteiger partial charge in [-0.05, 0) is 12.3 Å². The lowest BCUT2D eigenvalue weighted by atomic mass is 9.97. The van der Waals surface area contributed by atoms with E-state index in [1.807, 2.05) is 20.8 Å². The van der Waals surface area contributed by atoms with Crippen molar-refractivity contribution in [2.45, 2.75) is 27.7 Å². The monoisotopic (exact) mass is 222 g/mol. The molecule has 0 radical (unpaired) electrons. The standard InChI is InChI=1S/C12H18N2O2/c1-8-5-10(15)9(6-13-8)11(16)14-7-12(2,3)4/h5-6H,7H2,1-4H3,(H,13,15)(H,14,16). The number of hydrogen-bond acceptors (Lipinski definition) is 2.